The number of likely N-dealkylation sites (tertiary alicyclic amines) is 1. The van der Waals surface area contributed by atoms with Gasteiger partial charge in [0.05, 0.1) is 13.0 Å². The fourth-order valence-electron chi connectivity index (χ4n) is 2.88. The maximum Gasteiger partial charge on any atom is 0.308 e. The summed E-state index contributed by atoms with van der Waals surface area (Å²) < 4.78 is 5.75. The second-order valence-electron chi connectivity index (χ2n) is 6.02. The highest BCUT2D eigenvalue weighted by molar-refractivity contribution is 14.0. The van der Waals surface area contributed by atoms with Gasteiger partial charge < -0.3 is 20.3 Å². The first-order valence-corrected chi connectivity index (χ1v) is 9.41. The largest absolute Gasteiger partial charge is 0.469 e. The SMILES string of the molecule is CN=C(NCCNC(=O)c1ccc(Br)cc1)N1CCC(C(=O)OC)CC1.I. The Morgan fingerprint density at radius 3 is 2.33 bits per heavy atom. The summed E-state index contributed by atoms with van der Waals surface area (Å²) in [5.41, 5.74) is 0.627. The lowest BCUT2D eigenvalue weighted by molar-refractivity contribution is -0.146. The van der Waals surface area contributed by atoms with E-state index >= 15 is 0 Å². The second kappa shape index (κ2) is 12.2. The van der Waals surface area contributed by atoms with E-state index in [0.29, 0.717) is 18.7 Å². The van der Waals surface area contributed by atoms with Crippen molar-refractivity contribution in [3.8, 4) is 0 Å². The molecule has 2 rings (SSSR count). The van der Waals surface area contributed by atoms with E-state index in [1.165, 1.54) is 7.11 Å². The number of ether oxygens (including phenoxy) is 1. The van der Waals surface area contributed by atoms with Crippen LogP contribution in [-0.2, 0) is 9.53 Å². The Bertz CT molecular complexity index is 647. The number of hydrogen-bond acceptors (Lipinski definition) is 4. The van der Waals surface area contributed by atoms with Crippen molar-refractivity contribution >= 4 is 57.7 Å². The van der Waals surface area contributed by atoms with E-state index in [-0.39, 0.29) is 41.8 Å². The molecule has 0 radical (unpaired) electrons. The third kappa shape index (κ3) is 7.28. The van der Waals surface area contributed by atoms with Crippen LogP contribution in [0.25, 0.3) is 0 Å². The van der Waals surface area contributed by atoms with E-state index in [1.807, 2.05) is 12.1 Å². The minimum Gasteiger partial charge on any atom is -0.469 e. The molecule has 0 atom stereocenters. The lowest BCUT2D eigenvalue weighted by atomic mass is 9.97. The Labute approximate surface area is 185 Å². The molecule has 1 aliphatic heterocycles. The lowest BCUT2D eigenvalue weighted by Crippen LogP contribution is -2.48. The maximum absolute atomic E-state index is 12.1. The van der Waals surface area contributed by atoms with Gasteiger partial charge in [-0.3, -0.25) is 14.6 Å². The number of guanidine groups is 1. The molecule has 1 aromatic carbocycles. The molecule has 27 heavy (non-hydrogen) atoms. The van der Waals surface area contributed by atoms with E-state index in [9.17, 15) is 9.59 Å². The van der Waals surface area contributed by atoms with Crippen molar-refractivity contribution in [3.63, 3.8) is 0 Å². The molecule has 0 aromatic heterocycles. The molecule has 1 saturated heterocycles. The quantitative estimate of drug-likeness (QED) is 0.192. The number of amides is 1. The summed E-state index contributed by atoms with van der Waals surface area (Å²) in [5, 5.41) is 6.13. The van der Waals surface area contributed by atoms with Gasteiger partial charge in [-0.15, -0.1) is 24.0 Å². The Morgan fingerprint density at radius 1 is 1.19 bits per heavy atom. The van der Waals surface area contributed by atoms with Gasteiger partial charge in [-0.2, -0.15) is 0 Å². The summed E-state index contributed by atoms with van der Waals surface area (Å²) in [6.45, 7) is 2.58. The fourth-order valence-corrected chi connectivity index (χ4v) is 3.14. The van der Waals surface area contributed by atoms with Gasteiger partial charge in [0, 0.05) is 43.3 Å². The number of nitrogens with zero attached hydrogens (tertiary/aromatic N) is 2. The summed E-state index contributed by atoms with van der Waals surface area (Å²) in [6, 6.07) is 7.23. The normalized spacial score (nSPS) is 14.9. The Kier molecular flexibility index (Phi) is 10.7. The molecule has 0 aliphatic carbocycles. The van der Waals surface area contributed by atoms with E-state index in [1.54, 1.807) is 19.2 Å². The highest BCUT2D eigenvalue weighted by atomic mass is 127. The minimum atomic E-state index is -0.136. The standard InChI is InChI=1S/C18H25BrN4O3.HI/c1-20-18(23-11-7-14(8-12-23)17(25)26-2)22-10-9-21-16(24)13-3-5-15(19)6-4-13;/h3-6,14H,7-12H2,1-2H3,(H,20,22)(H,21,24);1H. The van der Waals surface area contributed by atoms with Crippen molar-refractivity contribution in [2.24, 2.45) is 10.9 Å². The lowest BCUT2D eigenvalue weighted by Gasteiger charge is -2.33. The number of rotatable bonds is 5. The smallest absolute Gasteiger partial charge is 0.308 e. The van der Waals surface area contributed by atoms with Gasteiger partial charge in [-0.25, -0.2) is 0 Å². The fraction of sp³-hybridized carbons (Fsp3) is 0.500. The molecule has 150 valence electrons. The van der Waals surface area contributed by atoms with Crippen molar-refractivity contribution in [3.05, 3.63) is 34.3 Å². The number of methoxy groups -OCH3 is 1. The van der Waals surface area contributed by atoms with Crippen molar-refractivity contribution in [2.75, 3.05) is 40.3 Å². The zero-order chi connectivity index (χ0) is 18.9. The monoisotopic (exact) mass is 552 g/mol. The number of piperidine rings is 1. The van der Waals surface area contributed by atoms with Crippen molar-refractivity contribution < 1.29 is 14.3 Å². The minimum absolute atomic E-state index is 0. The van der Waals surface area contributed by atoms with Crippen LogP contribution in [0.3, 0.4) is 0 Å². The van der Waals surface area contributed by atoms with Crippen molar-refractivity contribution in [2.45, 2.75) is 12.8 Å². The van der Waals surface area contributed by atoms with Gasteiger partial charge in [-0.1, -0.05) is 15.9 Å². The van der Waals surface area contributed by atoms with Gasteiger partial charge in [0.1, 0.15) is 0 Å². The van der Waals surface area contributed by atoms with Crippen LogP contribution in [0.2, 0.25) is 0 Å². The van der Waals surface area contributed by atoms with Crippen LogP contribution < -0.4 is 10.6 Å². The topological polar surface area (TPSA) is 83.0 Å². The predicted molar refractivity (Wildman–Crippen MR) is 120 cm³/mol. The van der Waals surface area contributed by atoms with Crippen LogP contribution in [0.4, 0.5) is 0 Å². The van der Waals surface area contributed by atoms with E-state index < -0.39 is 0 Å². The third-order valence-corrected chi connectivity index (χ3v) is 4.87. The number of benzene rings is 1. The Hall–Kier alpha value is -1.36. The molecule has 2 N–H and O–H groups in total. The van der Waals surface area contributed by atoms with Crippen LogP contribution in [0, 0.1) is 5.92 Å². The molecule has 0 saturated carbocycles. The van der Waals surface area contributed by atoms with Crippen molar-refractivity contribution in [1.82, 2.24) is 15.5 Å². The summed E-state index contributed by atoms with van der Waals surface area (Å²) in [4.78, 5) is 30.1. The van der Waals surface area contributed by atoms with Gasteiger partial charge in [0.2, 0.25) is 0 Å². The molecular weight excluding hydrogens is 527 g/mol. The molecule has 1 heterocycles. The average molecular weight is 553 g/mol. The first kappa shape index (κ1) is 23.7. The van der Waals surface area contributed by atoms with Crippen LogP contribution in [0.15, 0.2) is 33.7 Å². The Balaban J connectivity index is 0.00000364. The van der Waals surface area contributed by atoms with E-state index in [0.717, 1.165) is 36.4 Å². The number of nitrogens with one attached hydrogen (secondary N) is 2. The predicted octanol–water partition coefficient (Wildman–Crippen LogP) is 2.26. The first-order chi connectivity index (χ1) is 12.5. The van der Waals surface area contributed by atoms with E-state index in [2.05, 4.69) is 36.5 Å². The molecule has 7 nitrogen and oxygen atoms in total. The van der Waals surface area contributed by atoms with Crippen LogP contribution >= 0.6 is 39.9 Å². The first-order valence-electron chi connectivity index (χ1n) is 8.62. The summed E-state index contributed by atoms with van der Waals surface area (Å²) in [5.74, 6) is 0.516. The van der Waals surface area contributed by atoms with Crippen LogP contribution in [0.1, 0.15) is 23.2 Å². The molecule has 1 aliphatic rings. The van der Waals surface area contributed by atoms with Crippen molar-refractivity contribution in [1.29, 1.82) is 0 Å². The number of halogens is 2. The number of hydrogen-bond donors (Lipinski definition) is 2. The summed E-state index contributed by atoms with van der Waals surface area (Å²) in [7, 11) is 3.16. The second-order valence-corrected chi connectivity index (χ2v) is 6.94. The molecule has 9 heteroatoms. The molecule has 1 fully saturated rings. The highest BCUT2D eigenvalue weighted by Gasteiger charge is 2.26. The summed E-state index contributed by atoms with van der Waals surface area (Å²) >= 11 is 3.35. The average Bonchev–Trinajstić information content (AvgIpc) is 2.68. The molecule has 1 aromatic rings. The molecule has 1 amide bonds. The molecule has 0 bridgehead atoms. The molecule has 0 spiro atoms. The molecular formula is C18H26BrIN4O3. The molecule has 0 unspecified atom stereocenters. The third-order valence-electron chi connectivity index (χ3n) is 4.34. The zero-order valence-corrected chi connectivity index (χ0v) is 19.5. The summed E-state index contributed by atoms with van der Waals surface area (Å²) in [6.07, 6.45) is 1.52. The van der Waals surface area contributed by atoms with Gasteiger partial charge in [0.15, 0.2) is 5.96 Å². The van der Waals surface area contributed by atoms with Crippen LogP contribution in [-0.4, -0.2) is 63.1 Å². The van der Waals surface area contributed by atoms with Gasteiger partial charge >= 0.3 is 5.97 Å². The number of aliphatic imine (C=N–C) groups is 1. The van der Waals surface area contributed by atoms with Gasteiger partial charge in [0.25, 0.3) is 5.91 Å². The van der Waals surface area contributed by atoms with Gasteiger partial charge in [-0.05, 0) is 37.1 Å². The zero-order valence-electron chi connectivity index (χ0n) is 15.5. The van der Waals surface area contributed by atoms with Crippen LogP contribution in [0.5, 0.6) is 0 Å². The number of esters is 1. The number of carbonyl (C=O) groups excluding carboxylic acids is 2. The number of carbonyl (C=O) groups is 2. The highest BCUT2D eigenvalue weighted by Crippen LogP contribution is 2.18. The Morgan fingerprint density at radius 2 is 1.78 bits per heavy atom. The maximum atomic E-state index is 12.1. The van der Waals surface area contributed by atoms with E-state index in [4.69, 9.17) is 4.74 Å².